The van der Waals surface area contributed by atoms with E-state index in [2.05, 4.69) is 20.7 Å². The highest BCUT2D eigenvalue weighted by Crippen LogP contribution is 2.25. The Bertz CT molecular complexity index is 1050. The van der Waals surface area contributed by atoms with Crippen molar-refractivity contribution < 1.29 is 16.8 Å². The molecule has 146 valence electrons. The number of sulfonamides is 2. The Morgan fingerprint density at radius 3 is 2.30 bits per heavy atom. The third kappa shape index (κ3) is 4.53. The highest BCUT2D eigenvalue weighted by molar-refractivity contribution is 9.10. The molecule has 0 aromatic heterocycles. The molecule has 0 radical (unpaired) electrons. The van der Waals surface area contributed by atoms with Crippen molar-refractivity contribution in [2.75, 3.05) is 17.8 Å². The van der Waals surface area contributed by atoms with E-state index in [1.54, 1.807) is 31.2 Å². The van der Waals surface area contributed by atoms with Crippen LogP contribution in [0.3, 0.4) is 0 Å². The van der Waals surface area contributed by atoms with E-state index in [9.17, 15) is 16.8 Å². The summed E-state index contributed by atoms with van der Waals surface area (Å²) >= 11 is 3.35. The van der Waals surface area contributed by atoms with Crippen molar-refractivity contribution in [2.45, 2.75) is 36.0 Å². The molecule has 3 rings (SSSR count). The van der Waals surface area contributed by atoms with E-state index in [-0.39, 0.29) is 15.5 Å². The van der Waals surface area contributed by atoms with Crippen LogP contribution in [0.5, 0.6) is 0 Å². The fraction of sp³-hybridized carbons (Fsp3) is 0.333. The molecular weight excluding hydrogens is 452 g/mol. The van der Waals surface area contributed by atoms with E-state index in [0.29, 0.717) is 13.1 Å². The molecular formula is C18H21BrN2O4S2. The zero-order valence-electron chi connectivity index (χ0n) is 14.9. The number of aryl methyl sites for hydroxylation is 1. The van der Waals surface area contributed by atoms with Gasteiger partial charge in [0.25, 0.3) is 10.0 Å². The molecule has 0 amide bonds. The molecule has 1 fully saturated rings. The first kappa shape index (κ1) is 20.3. The largest absolute Gasteiger partial charge is 0.280 e. The van der Waals surface area contributed by atoms with E-state index in [0.717, 1.165) is 29.3 Å². The lowest BCUT2D eigenvalue weighted by atomic mass is 10.2. The van der Waals surface area contributed by atoms with E-state index in [4.69, 9.17) is 0 Å². The molecule has 0 saturated carbocycles. The molecule has 0 aliphatic carbocycles. The first-order valence-corrected chi connectivity index (χ1v) is 12.3. The number of nitrogens with zero attached hydrogens (tertiary/aromatic N) is 1. The number of halogens is 1. The van der Waals surface area contributed by atoms with Gasteiger partial charge in [-0.05, 0) is 61.7 Å². The maximum atomic E-state index is 12.8. The SMILES string of the molecule is Cc1cc(S(=O)(=O)Nc2cccc(S(=O)(=O)N3CCCCC3)c2)ccc1Br. The van der Waals surface area contributed by atoms with Gasteiger partial charge in [0.15, 0.2) is 0 Å². The van der Waals surface area contributed by atoms with Gasteiger partial charge in [-0.2, -0.15) is 4.31 Å². The predicted octanol–water partition coefficient (Wildman–Crippen LogP) is 3.73. The molecule has 1 heterocycles. The van der Waals surface area contributed by atoms with Gasteiger partial charge in [0, 0.05) is 17.6 Å². The zero-order valence-corrected chi connectivity index (χ0v) is 18.1. The van der Waals surface area contributed by atoms with Crippen molar-refractivity contribution in [2.24, 2.45) is 0 Å². The van der Waals surface area contributed by atoms with Crippen LogP contribution in [0, 0.1) is 6.92 Å². The highest BCUT2D eigenvalue weighted by atomic mass is 79.9. The van der Waals surface area contributed by atoms with Crippen LogP contribution in [0.4, 0.5) is 5.69 Å². The highest BCUT2D eigenvalue weighted by Gasteiger charge is 2.26. The van der Waals surface area contributed by atoms with Crippen LogP contribution in [-0.4, -0.2) is 34.2 Å². The molecule has 1 aliphatic rings. The molecule has 1 N–H and O–H groups in total. The van der Waals surface area contributed by atoms with E-state index in [1.165, 1.54) is 22.5 Å². The predicted molar refractivity (Wildman–Crippen MR) is 109 cm³/mol. The number of nitrogens with one attached hydrogen (secondary N) is 1. The Balaban J connectivity index is 1.88. The first-order valence-electron chi connectivity index (χ1n) is 8.59. The topological polar surface area (TPSA) is 83.5 Å². The smallest absolute Gasteiger partial charge is 0.261 e. The second-order valence-corrected chi connectivity index (χ2v) is 11.0. The molecule has 0 bridgehead atoms. The van der Waals surface area contributed by atoms with Crippen LogP contribution in [0.25, 0.3) is 0 Å². The number of anilines is 1. The number of benzene rings is 2. The summed E-state index contributed by atoms with van der Waals surface area (Å²) in [4.78, 5) is 0.212. The monoisotopic (exact) mass is 472 g/mol. The number of piperidine rings is 1. The maximum Gasteiger partial charge on any atom is 0.261 e. The van der Waals surface area contributed by atoms with Gasteiger partial charge in [0.2, 0.25) is 10.0 Å². The van der Waals surface area contributed by atoms with Crippen LogP contribution < -0.4 is 4.72 Å². The van der Waals surface area contributed by atoms with Crippen molar-refractivity contribution in [3.8, 4) is 0 Å². The van der Waals surface area contributed by atoms with Gasteiger partial charge in [0.1, 0.15) is 0 Å². The minimum atomic E-state index is -3.82. The number of hydrogen-bond donors (Lipinski definition) is 1. The van der Waals surface area contributed by atoms with Gasteiger partial charge < -0.3 is 0 Å². The third-order valence-corrected chi connectivity index (χ3v) is 8.64. The summed E-state index contributed by atoms with van der Waals surface area (Å²) in [6.07, 6.45) is 2.71. The molecule has 6 nitrogen and oxygen atoms in total. The van der Waals surface area contributed by atoms with Crippen molar-refractivity contribution in [1.29, 1.82) is 0 Å². The van der Waals surface area contributed by atoms with Crippen LogP contribution in [0.2, 0.25) is 0 Å². The normalized spacial score (nSPS) is 16.2. The van der Waals surface area contributed by atoms with Crippen LogP contribution in [0.1, 0.15) is 24.8 Å². The molecule has 1 saturated heterocycles. The average molecular weight is 473 g/mol. The van der Waals surface area contributed by atoms with Crippen molar-refractivity contribution in [1.82, 2.24) is 4.31 Å². The van der Waals surface area contributed by atoms with E-state index >= 15 is 0 Å². The average Bonchev–Trinajstić information content (AvgIpc) is 2.64. The summed E-state index contributed by atoms with van der Waals surface area (Å²) in [5.74, 6) is 0. The Kier molecular flexibility index (Phi) is 5.95. The molecule has 0 atom stereocenters. The van der Waals surface area contributed by atoms with Gasteiger partial charge in [-0.15, -0.1) is 0 Å². The Labute approximate surface area is 168 Å². The number of hydrogen-bond acceptors (Lipinski definition) is 4. The second-order valence-electron chi connectivity index (χ2n) is 6.51. The molecule has 9 heteroatoms. The summed E-state index contributed by atoms with van der Waals surface area (Å²) in [6, 6.07) is 10.7. The molecule has 27 heavy (non-hydrogen) atoms. The van der Waals surface area contributed by atoms with Crippen LogP contribution >= 0.6 is 15.9 Å². The van der Waals surface area contributed by atoms with E-state index < -0.39 is 20.0 Å². The van der Waals surface area contributed by atoms with Crippen molar-refractivity contribution >= 4 is 41.7 Å². The molecule has 0 spiro atoms. The fourth-order valence-corrected chi connectivity index (χ4v) is 5.92. The first-order chi connectivity index (χ1) is 12.7. The summed E-state index contributed by atoms with van der Waals surface area (Å²) in [7, 11) is -7.44. The number of rotatable bonds is 5. The minimum Gasteiger partial charge on any atom is -0.280 e. The summed E-state index contributed by atoms with van der Waals surface area (Å²) in [5, 5.41) is 0. The Morgan fingerprint density at radius 2 is 1.63 bits per heavy atom. The Morgan fingerprint density at radius 1 is 0.926 bits per heavy atom. The standard InChI is InChI=1S/C18H21BrN2O4S2/c1-14-12-16(8-9-18(14)19)26(22,23)20-15-6-5-7-17(13-15)27(24,25)21-10-3-2-4-11-21/h5-9,12-13,20H,2-4,10-11H2,1H3. The molecule has 2 aromatic carbocycles. The summed E-state index contributed by atoms with van der Waals surface area (Å²) < 4.78 is 55.6. The summed E-state index contributed by atoms with van der Waals surface area (Å²) in [5.41, 5.74) is 1.01. The lowest BCUT2D eigenvalue weighted by Crippen LogP contribution is -2.35. The maximum absolute atomic E-state index is 12.8. The quantitative estimate of drug-likeness (QED) is 0.718. The van der Waals surface area contributed by atoms with Gasteiger partial charge in [-0.25, -0.2) is 16.8 Å². The van der Waals surface area contributed by atoms with Gasteiger partial charge in [-0.1, -0.05) is 28.4 Å². The van der Waals surface area contributed by atoms with E-state index in [1.807, 2.05) is 0 Å². The van der Waals surface area contributed by atoms with Crippen molar-refractivity contribution in [3.63, 3.8) is 0 Å². The zero-order chi connectivity index (χ0) is 19.7. The van der Waals surface area contributed by atoms with Crippen molar-refractivity contribution in [3.05, 3.63) is 52.5 Å². The third-order valence-electron chi connectivity index (χ3n) is 4.48. The molecule has 0 unspecified atom stereocenters. The second kappa shape index (κ2) is 7.90. The van der Waals surface area contributed by atoms with Gasteiger partial charge in [0.05, 0.1) is 15.5 Å². The molecule has 2 aromatic rings. The van der Waals surface area contributed by atoms with Gasteiger partial charge in [-0.3, -0.25) is 4.72 Å². The van der Waals surface area contributed by atoms with Crippen LogP contribution in [0.15, 0.2) is 56.7 Å². The summed E-state index contributed by atoms with van der Waals surface area (Å²) in [6.45, 7) is 2.79. The van der Waals surface area contributed by atoms with Crippen LogP contribution in [-0.2, 0) is 20.0 Å². The fourth-order valence-electron chi connectivity index (χ4n) is 2.97. The lowest BCUT2D eigenvalue weighted by Gasteiger charge is -2.26. The Hall–Kier alpha value is -1.42. The minimum absolute atomic E-state index is 0.0941. The molecule has 1 aliphatic heterocycles. The lowest BCUT2D eigenvalue weighted by molar-refractivity contribution is 0.346. The van der Waals surface area contributed by atoms with Gasteiger partial charge >= 0.3 is 0 Å².